The molecule has 7 nitrogen and oxygen atoms in total. The Balaban J connectivity index is 1.68. The number of anilines is 3. The highest BCUT2D eigenvalue weighted by Gasteiger charge is 2.21. The normalized spacial score (nSPS) is 15.8. The van der Waals surface area contributed by atoms with Gasteiger partial charge in [-0.2, -0.15) is 5.10 Å². The van der Waals surface area contributed by atoms with Crippen molar-refractivity contribution >= 4 is 17.5 Å². The van der Waals surface area contributed by atoms with E-state index < -0.39 is 0 Å². The van der Waals surface area contributed by atoms with Crippen LogP contribution in [0.2, 0.25) is 0 Å². The zero-order chi connectivity index (χ0) is 13.2. The number of nitrogen functional groups attached to an aromatic ring is 1. The van der Waals surface area contributed by atoms with E-state index in [4.69, 9.17) is 5.73 Å². The number of rotatable bonds is 2. The summed E-state index contributed by atoms with van der Waals surface area (Å²) < 4.78 is 1.75. The summed E-state index contributed by atoms with van der Waals surface area (Å²) in [5.41, 5.74) is 6.68. The van der Waals surface area contributed by atoms with Gasteiger partial charge in [-0.05, 0) is 6.07 Å². The first-order valence-corrected chi connectivity index (χ1v) is 6.30. The Labute approximate surface area is 111 Å². The summed E-state index contributed by atoms with van der Waals surface area (Å²) >= 11 is 0. The molecule has 0 unspecified atom stereocenters. The van der Waals surface area contributed by atoms with Crippen LogP contribution in [0.4, 0.5) is 17.5 Å². The molecule has 2 aromatic heterocycles. The van der Waals surface area contributed by atoms with E-state index in [1.54, 1.807) is 17.1 Å². The molecule has 0 radical (unpaired) electrons. The molecule has 0 aliphatic carbocycles. The lowest BCUT2D eigenvalue weighted by Crippen LogP contribution is -2.47. The Bertz CT molecular complexity index is 542. The van der Waals surface area contributed by atoms with E-state index in [0.717, 1.165) is 43.6 Å². The van der Waals surface area contributed by atoms with Crippen molar-refractivity contribution in [3.63, 3.8) is 0 Å². The number of hydrogen-bond donors (Lipinski definition) is 1. The van der Waals surface area contributed by atoms with Crippen molar-refractivity contribution in [1.82, 2.24) is 19.7 Å². The molecule has 0 spiro atoms. The third-order valence-corrected chi connectivity index (χ3v) is 3.25. The molecular formula is C12H17N7. The predicted octanol–water partition coefficient (Wildman–Crippen LogP) is 0.119. The maximum atomic E-state index is 5.95. The van der Waals surface area contributed by atoms with E-state index in [1.807, 2.05) is 19.3 Å². The largest absolute Gasteiger partial charge is 0.394 e. The Morgan fingerprint density at radius 2 is 1.68 bits per heavy atom. The van der Waals surface area contributed by atoms with Crippen molar-refractivity contribution in [3.05, 3.63) is 24.7 Å². The quantitative estimate of drug-likeness (QED) is 0.825. The van der Waals surface area contributed by atoms with Gasteiger partial charge in [0.25, 0.3) is 0 Å². The van der Waals surface area contributed by atoms with E-state index in [2.05, 4.69) is 24.9 Å². The van der Waals surface area contributed by atoms with E-state index in [1.165, 1.54) is 0 Å². The molecule has 0 amide bonds. The molecule has 2 N–H and O–H groups in total. The average Bonchev–Trinajstić information content (AvgIpc) is 2.79. The Hall–Kier alpha value is -2.31. The Morgan fingerprint density at radius 3 is 2.26 bits per heavy atom. The van der Waals surface area contributed by atoms with Crippen molar-refractivity contribution in [1.29, 1.82) is 0 Å². The van der Waals surface area contributed by atoms with Crippen LogP contribution in [0.25, 0.3) is 0 Å². The first-order valence-electron chi connectivity index (χ1n) is 6.30. The molecular weight excluding hydrogens is 242 g/mol. The van der Waals surface area contributed by atoms with Crippen LogP contribution >= 0.6 is 0 Å². The third-order valence-electron chi connectivity index (χ3n) is 3.25. The molecule has 100 valence electrons. The molecule has 3 rings (SSSR count). The second-order valence-corrected chi connectivity index (χ2v) is 4.60. The fourth-order valence-electron chi connectivity index (χ4n) is 2.31. The first kappa shape index (κ1) is 11.8. The topological polar surface area (TPSA) is 76.1 Å². The van der Waals surface area contributed by atoms with Crippen LogP contribution in [-0.4, -0.2) is 45.9 Å². The number of aryl methyl sites for hydroxylation is 1. The van der Waals surface area contributed by atoms with Gasteiger partial charge >= 0.3 is 0 Å². The van der Waals surface area contributed by atoms with Crippen molar-refractivity contribution < 1.29 is 0 Å². The number of hydrogen-bond acceptors (Lipinski definition) is 6. The molecule has 0 saturated carbocycles. The van der Waals surface area contributed by atoms with Gasteiger partial charge in [-0.3, -0.25) is 4.68 Å². The predicted molar refractivity (Wildman–Crippen MR) is 74.1 cm³/mol. The van der Waals surface area contributed by atoms with Crippen LogP contribution in [0.3, 0.4) is 0 Å². The molecule has 0 atom stereocenters. The molecule has 1 saturated heterocycles. The van der Waals surface area contributed by atoms with E-state index >= 15 is 0 Å². The van der Waals surface area contributed by atoms with Gasteiger partial charge < -0.3 is 15.5 Å². The lowest BCUT2D eigenvalue weighted by molar-refractivity contribution is 0.628. The molecule has 2 aromatic rings. The highest BCUT2D eigenvalue weighted by Crippen LogP contribution is 2.22. The van der Waals surface area contributed by atoms with E-state index in [0.29, 0.717) is 0 Å². The van der Waals surface area contributed by atoms with Gasteiger partial charge in [-0.15, -0.1) is 0 Å². The molecule has 0 aromatic carbocycles. The fraction of sp³-hybridized carbons (Fsp3) is 0.417. The zero-order valence-electron chi connectivity index (χ0n) is 10.9. The molecule has 19 heavy (non-hydrogen) atoms. The van der Waals surface area contributed by atoms with E-state index in [-0.39, 0.29) is 0 Å². The van der Waals surface area contributed by atoms with Gasteiger partial charge in [-0.25, -0.2) is 9.97 Å². The first-order chi connectivity index (χ1) is 9.24. The SMILES string of the molecule is Cn1cc(N)c(N2CCN(c3ncccn3)CC2)n1. The highest BCUT2D eigenvalue weighted by atomic mass is 15.4. The summed E-state index contributed by atoms with van der Waals surface area (Å²) in [5, 5.41) is 4.40. The molecule has 1 fully saturated rings. The molecule has 1 aliphatic rings. The third kappa shape index (κ3) is 2.31. The number of piperazine rings is 1. The zero-order valence-corrected chi connectivity index (χ0v) is 10.9. The standard InChI is InChI=1S/C12H17N7/c1-17-9-10(13)11(16-17)18-5-7-19(8-6-18)12-14-3-2-4-15-12/h2-4,9H,5-8,13H2,1H3. The monoisotopic (exact) mass is 259 g/mol. The molecule has 1 aliphatic heterocycles. The molecule has 7 heteroatoms. The number of nitrogens with zero attached hydrogens (tertiary/aromatic N) is 6. The smallest absolute Gasteiger partial charge is 0.225 e. The van der Waals surface area contributed by atoms with Gasteiger partial charge in [0.15, 0.2) is 5.82 Å². The van der Waals surface area contributed by atoms with Crippen molar-refractivity contribution in [2.45, 2.75) is 0 Å². The Kier molecular flexibility index (Phi) is 2.94. The summed E-state index contributed by atoms with van der Waals surface area (Å²) in [6.45, 7) is 3.50. The Morgan fingerprint density at radius 1 is 1.05 bits per heavy atom. The minimum Gasteiger partial charge on any atom is -0.394 e. The number of aromatic nitrogens is 4. The van der Waals surface area contributed by atoms with Gasteiger partial charge in [0, 0.05) is 51.8 Å². The minimum absolute atomic E-state index is 0.729. The van der Waals surface area contributed by atoms with Gasteiger partial charge in [0.1, 0.15) is 0 Å². The van der Waals surface area contributed by atoms with Crippen molar-refractivity contribution in [2.75, 3.05) is 41.7 Å². The number of nitrogens with two attached hydrogens (primary N) is 1. The van der Waals surface area contributed by atoms with Gasteiger partial charge in [0.05, 0.1) is 5.69 Å². The van der Waals surface area contributed by atoms with Crippen LogP contribution in [-0.2, 0) is 7.05 Å². The maximum absolute atomic E-state index is 5.95. The highest BCUT2D eigenvalue weighted by molar-refractivity contribution is 5.62. The average molecular weight is 259 g/mol. The van der Waals surface area contributed by atoms with Gasteiger partial charge in [0.2, 0.25) is 5.95 Å². The van der Waals surface area contributed by atoms with Crippen LogP contribution in [0.5, 0.6) is 0 Å². The van der Waals surface area contributed by atoms with Crippen molar-refractivity contribution in [2.24, 2.45) is 7.05 Å². The van der Waals surface area contributed by atoms with Crippen LogP contribution < -0.4 is 15.5 Å². The van der Waals surface area contributed by atoms with Crippen LogP contribution in [0, 0.1) is 0 Å². The molecule has 3 heterocycles. The maximum Gasteiger partial charge on any atom is 0.225 e. The van der Waals surface area contributed by atoms with Gasteiger partial charge in [-0.1, -0.05) is 0 Å². The lowest BCUT2D eigenvalue weighted by Gasteiger charge is -2.34. The summed E-state index contributed by atoms with van der Waals surface area (Å²) in [6.07, 6.45) is 5.37. The van der Waals surface area contributed by atoms with Crippen LogP contribution in [0.1, 0.15) is 0 Å². The summed E-state index contributed by atoms with van der Waals surface area (Å²) in [6, 6.07) is 1.83. The second kappa shape index (κ2) is 4.75. The second-order valence-electron chi connectivity index (χ2n) is 4.60. The summed E-state index contributed by atoms with van der Waals surface area (Å²) in [5.74, 6) is 1.66. The summed E-state index contributed by atoms with van der Waals surface area (Å²) in [4.78, 5) is 12.9. The van der Waals surface area contributed by atoms with E-state index in [9.17, 15) is 0 Å². The fourth-order valence-corrected chi connectivity index (χ4v) is 2.31. The van der Waals surface area contributed by atoms with Crippen LogP contribution in [0.15, 0.2) is 24.7 Å². The molecule has 0 bridgehead atoms. The minimum atomic E-state index is 0.729. The van der Waals surface area contributed by atoms with Crippen molar-refractivity contribution in [3.8, 4) is 0 Å². The summed E-state index contributed by atoms with van der Waals surface area (Å²) in [7, 11) is 1.88. The lowest BCUT2D eigenvalue weighted by atomic mass is 10.3.